The van der Waals surface area contributed by atoms with Crippen molar-refractivity contribution < 1.29 is 28.7 Å². The lowest BCUT2D eigenvalue weighted by molar-refractivity contribution is -0.139. The zero-order chi connectivity index (χ0) is 27.1. The Labute approximate surface area is 221 Å². The molecular formula is C26H35ClN4O6. The van der Waals surface area contributed by atoms with Crippen molar-refractivity contribution in [2.45, 2.75) is 70.6 Å². The molecule has 0 bridgehead atoms. The number of rotatable bonds is 13. The van der Waals surface area contributed by atoms with Crippen molar-refractivity contribution >= 4 is 41.2 Å². The third-order valence-electron chi connectivity index (χ3n) is 6.61. The molecule has 1 saturated carbocycles. The van der Waals surface area contributed by atoms with E-state index in [4.69, 9.17) is 22.1 Å². The molecule has 202 valence electrons. The van der Waals surface area contributed by atoms with Crippen LogP contribution >= 0.6 is 11.6 Å². The number of ketones is 1. The number of carbonyl (C=O) groups is 5. The number of hydrogen-bond acceptors (Lipinski definition) is 6. The molecule has 4 amide bonds. The molecule has 37 heavy (non-hydrogen) atoms. The van der Waals surface area contributed by atoms with Gasteiger partial charge in [-0.2, -0.15) is 0 Å². The van der Waals surface area contributed by atoms with Crippen molar-refractivity contribution in [1.82, 2.24) is 16.0 Å². The molecule has 1 aliphatic carbocycles. The minimum atomic E-state index is -1.27. The van der Waals surface area contributed by atoms with E-state index in [0.29, 0.717) is 24.4 Å². The summed E-state index contributed by atoms with van der Waals surface area (Å²) in [5, 5.41) is 8.43. The molecule has 1 saturated heterocycles. The second-order valence-corrected chi connectivity index (χ2v) is 10.7. The molecule has 5 N–H and O–H groups in total. The van der Waals surface area contributed by atoms with E-state index in [9.17, 15) is 24.0 Å². The molecule has 0 spiro atoms. The van der Waals surface area contributed by atoms with E-state index in [2.05, 4.69) is 16.0 Å². The quantitative estimate of drug-likeness (QED) is 0.283. The highest BCUT2D eigenvalue weighted by Gasteiger charge is 2.37. The largest absolute Gasteiger partial charge is 0.446 e. The first kappa shape index (κ1) is 28.4. The van der Waals surface area contributed by atoms with E-state index in [1.807, 2.05) is 32.0 Å². The van der Waals surface area contributed by atoms with Gasteiger partial charge < -0.3 is 26.4 Å². The molecule has 2 fully saturated rings. The van der Waals surface area contributed by atoms with Crippen molar-refractivity contribution in [3.8, 4) is 0 Å². The van der Waals surface area contributed by atoms with Crippen molar-refractivity contribution in [2.75, 3.05) is 6.54 Å². The average molecular weight is 535 g/mol. The number of nitrogens with one attached hydrogen (secondary N) is 3. The second kappa shape index (κ2) is 12.9. The highest BCUT2D eigenvalue weighted by Crippen LogP contribution is 2.36. The monoisotopic (exact) mass is 534 g/mol. The number of benzene rings is 1. The Morgan fingerprint density at radius 2 is 1.86 bits per heavy atom. The summed E-state index contributed by atoms with van der Waals surface area (Å²) in [5.41, 5.74) is 6.12. The van der Waals surface area contributed by atoms with Gasteiger partial charge in [-0.15, -0.1) is 0 Å². The lowest BCUT2D eigenvalue weighted by Gasteiger charge is -2.25. The van der Waals surface area contributed by atoms with Gasteiger partial charge in [0, 0.05) is 23.9 Å². The second-order valence-electron chi connectivity index (χ2n) is 10.2. The van der Waals surface area contributed by atoms with Crippen LogP contribution in [-0.2, 0) is 30.3 Å². The number of carbonyl (C=O) groups excluding carboxylic acids is 5. The molecule has 0 radical (unpaired) electrons. The van der Waals surface area contributed by atoms with Crippen LogP contribution in [0, 0.1) is 17.8 Å². The summed E-state index contributed by atoms with van der Waals surface area (Å²) >= 11 is 6.09. The molecular weight excluding hydrogens is 500 g/mol. The predicted molar refractivity (Wildman–Crippen MR) is 136 cm³/mol. The molecule has 4 atom stereocenters. The van der Waals surface area contributed by atoms with E-state index in [-0.39, 0.29) is 36.7 Å². The van der Waals surface area contributed by atoms with Gasteiger partial charge >= 0.3 is 6.09 Å². The predicted octanol–water partition coefficient (Wildman–Crippen LogP) is 1.87. The first-order valence-corrected chi connectivity index (χ1v) is 13.0. The topological polar surface area (TPSA) is 157 Å². The molecule has 1 aromatic carbocycles. The minimum Gasteiger partial charge on any atom is -0.446 e. The van der Waals surface area contributed by atoms with Crippen LogP contribution in [0.15, 0.2) is 24.3 Å². The number of nitrogens with two attached hydrogens (primary N) is 1. The van der Waals surface area contributed by atoms with Crippen molar-refractivity contribution in [3.05, 3.63) is 34.9 Å². The van der Waals surface area contributed by atoms with Gasteiger partial charge in [-0.3, -0.25) is 19.2 Å². The van der Waals surface area contributed by atoms with E-state index >= 15 is 0 Å². The Morgan fingerprint density at radius 3 is 2.43 bits per heavy atom. The Hall–Kier alpha value is -3.14. The third kappa shape index (κ3) is 8.73. The number of halogens is 1. The molecule has 1 heterocycles. The fraction of sp³-hybridized carbons (Fsp3) is 0.577. The third-order valence-corrected chi connectivity index (χ3v) is 6.84. The van der Waals surface area contributed by atoms with Crippen LogP contribution in [0.1, 0.15) is 51.5 Å². The molecule has 2 aliphatic rings. The fourth-order valence-electron chi connectivity index (χ4n) is 4.52. The van der Waals surface area contributed by atoms with Gasteiger partial charge in [0.15, 0.2) is 0 Å². The Bertz CT molecular complexity index is 1030. The van der Waals surface area contributed by atoms with Crippen molar-refractivity contribution in [2.24, 2.45) is 23.5 Å². The van der Waals surface area contributed by atoms with Crippen LogP contribution in [0.3, 0.4) is 0 Å². The maximum absolute atomic E-state index is 13.2. The van der Waals surface area contributed by atoms with Gasteiger partial charge in [0.25, 0.3) is 5.91 Å². The molecule has 1 aliphatic heterocycles. The highest BCUT2D eigenvalue weighted by molar-refractivity contribution is 6.38. The molecule has 1 aromatic rings. The van der Waals surface area contributed by atoms with Gasteiger partial charge in [-0.25, -0.2) is 4.79 Å². The van der Waals surface area contributed by atoms with E-state index in [0.717, 1.165) is 18.4 Å². The number of alkyl carbamates (subject to hydrolysis) is 1. The van der Waals surface area contributed by atoms with Gasteiger partial charge in [-0.05, 0) is 61.6 Å². The summed E-state index contributed by atoms with van der Waals surface area (Å²) in [6, 6.07) is 5.07. The standard InChI is InChI=1S/C26H35ClN4O6/c1-14(2)10-20(25(35)30-19(22(32)23(28)33)13-17-8-9-29-24(17)34)31-26(36)37-21(16-6-7-16)12-15-4-3-5-18(27)11-15/h3-5,11,14,16-17,19-21H,6-10,12-13H2,1-2H3,(H2,28,33)(H,29,34)(H,30,35)(H,31,36)/t17-,19-,20-,21?/m0/s1. The lowest BCUT2D eigenvalue weighted by Crippen LogP contribution is -2.54. The highest BCUT2D eigenvalue weighted by atomic mass is 35.5. The smallest absolute Gasteiger partial charge is 0.408 e. The van der Waals surface area contributed by atoms with Crippen LogP contribution in [0.5, 0.6) is 0 Å². The Morgan fingerprint density at radius 1 is 1.14 bits per heavy atom. The van der Waals surface area contributed by atoms with Gasteiger partial charge in [0.05, 0.1) is 6.04 Å². The number of amides is 4. The molecule has 0 aromatic heterocycles. The average Bonchev–Trinajstić information content (AvgIpc) is 3.59. The normalized spacial score (nSPS) is 19.5. The van der Waals surface area contributed by atoms with Crippen molar-refractivity contribution in [3.63, 3.8) is 0 Å². The molecule has 1 unspecified atom stereocenters. The number of ether oxygens (including phenoxy) is 1. The maximum atomic E-state index is 13.2. The van der Waals surface area contributed by atoms with Crippen LogP contribution in [0.4, 0.5) is 4.79 Å². The van der Waals surface area contributed by atoms with Gasteiger partial charge in [-0.1, -0.05) is 37.6 Å². The molecule has 11 heteroatoms. The molecule has 10 nitrogen and oxygen atoms in total. The van der Waals surface area contributed by atoms with Crippen LogP contribution in [0.2, 0.25) is 5.02 Å². The zero-order valence-corrected chi connectivity index (χ0v) is 21.9. The van der Waals surface area contributed by atoms with Crippen molar-refractivity contribution in [1.29, 1.82) is 0 Å². The van der Waals surface area contributed by atoms with E-state index < -0.39 is 41.7 Å². The zero-order valence-electron chi connectivity index (χ0n) is 21.1. The van der Waals surface area contributed by atoms with Crippen LogP contribution in [0.25, 0.3) is 0 Å². The summed E-state index contributed by atoms with van der Waals surface area (Å²) in [6.07, 6.45) is 1.97. The summed E-state index contributed by atoms with van der Waals surface area (Å²) in [5.74, 6) is -3.37. The summed E-state index contributed by atoms with van der Waals surface area (Å²) in [7, 11) is 0. The fourth-order valence-corrected chi connectivity index (χ4v) is 4.73. The van der Waals surface area contributed by atoms with Gasteiger partial charge in [0.1, 0.15) is 12.1 Å². The van der Waals surface area contributed by atoms with E-state index in [1.54, 1.807) is 6.07 Å². The Balaban J connectivity index is 1.66. The van der Waals surface area contributed by atoms with Crippen LogP contribution in [-0.4, -0.2) is 54.3 Å². The summed E-state index contributed by atoms with van der Waals surface area (Å²) < 4.78 is 5.73. The number of hydrogen-bond donors (Lipinski definition) is 4. The Kier molecular flexibility index (Phi) is 9.91. The summed E-state index contributed by atoms with van der Waals surface area (Å²) in [4.78, 5) is 62.0. The minimum absolute atomic E-state index is 0.0210. The lowest BCUT2D eigenvalue weighted by atomic mass is 9.94. The first-order chi connectivity index (χ1) is 17.5. The van der Waals surface area contributed by atoms with E-state index in [1.165, 1.54) is 0 Å². The summed E-state index contributed by atoms with van der Waals surface area (Å²) in [6.45, 7) is 4.22. The first-order valence-electron chi connectivity index (χ1n) is 12.7. The maximum Gasteiger partial charge on any atom is 0.408 e. The van der Waals surface area contributed by atoms with Crippen LogP contribution < -0.4 is 21.7 Å². The SMILES string of the molecule is CC(C)C[C@H](NC(=O)OC(Cc1cccc(Cl)c1)C1CC1)C(=O)N[C@@H](C[C@@H]1CCNC1=O)C(=O)C(N)=O. The molecule has 3 rings (SSSR count). The number of primary amides is 1. The van der Waals surface area contributed by atoms with Gasteiger partial charge in [0.2, 0.25) is 17.6 Å². The number of Topliss-reactive ketones (excluding diaryl/α,β-unsaturated/α-hetero) is 1.